The molecule has 3 rings (SSSR count). The maximum Gasteiger partial charge on any atom is 0.270 e. The van der Waals surface area contributed by atoms with E-state index in [4.69, 9.17) is 0 Å². The molecule has 19 heavy (non-hydrogen) atoms. The van der Waals surface area contributed by atoms with E-state index < -0.39 is 0 Å². The van der Waals surface area contributed by atoms with Crippen molar-refractivity contribution < 1.29 is 0 Å². The highest BCUT2D eigenvalue weighted by Gasteiger charge is 2.24. The van der Waals surface area contributed by atoms with Crippen molar-refractivity contribution in [3.05, 3.63) is 46.6 Å². The van der Waals surface area contributed by atoms with E-state index in [1.807, 2.05) is 23.0 Å². The van der Waals surface area contributed by atoms with Crippen molar-refractivity contribution in [1.82, 2.24) is 24.5 Å². The van der Waals surface area contributed by atoms with Crippen molar-refractivity contribution in [3.8, 4) is 0 Å². The number of aryl methyl sites for hydroxylation is 1. The molecule has 1 atom stereocenters. The Kier molecular flexibility index (Phi) is 3.16. The van der Waals surface area contributed by atoms with Crippen LogP contribution in [0, 0.1) is 0 Å². The van der Waals surface area contributed by atoms with Gasteiger partial charge in [-0.15, -0.1) is 0 Å². The first-order chi connectivity index (χ1) is 9.24. The highest BCUT2D eigenvalue weighted by atomic mass is 16.1. The Balaban J connectivity index is 1.69. The zero-order chi connectivity index (χ0) is 13.2. The second-order valence-corrected chi connectivity index (χ2v) is 4.95. The number of nitrogens with zero attached hydrogens (tertiary/aromatic N) is 5. The van der Waals surface area contributed by atoms with Crippen LogP contribution >= 0.6 is 0 Å². The predicted molar refractivity (Wildman–Crippen MR) is 70.6 cm³/mol. The molecule has 0 amide bonds. The third-order valence-electron chi connectivity index (χ3n) is 3.62. The molecular weight excluding hydrogens is 242 g/mol. The van der Waals surface area contributed by atoms with Crippen LogP contribution in [-0.4, -0.2) is 37.6 Å². The van der Waals surface area contributed by atoms with Crippen LogP contribution in [0.3, 0.4) is 0 Å². The zero-order valence-electron chi connectivity index (χ0n) is 10.9. The van der Waals surface area contributed by atoms with Crippen LogP contribution < -0.4 is 5.56 Å². The maximum atomic E-state index is 11.9. The molecule has 2 aromatic rings. The first-order valence-electron chi connectivity index (χ1n) is 6.47. The topological polar surface area (TPSA) is 56.0 Å². The van der Waals surface area contributed by atoms with E-state index in [1.165, 1.54) is 4.68 Å². The molecule has 0 radical (unpaired) electrons. The van der Waals surface area contributed by atoms with Gasteiger partial charge in [0.05, 0.1) is 6.04 Å². The molecule has 1 unspecified atom stereocenters. The van der Waals surface area contributed by atoms with Crippen molar-refractivity contribution in [3.63, 3.8) is 0 Å². The van der Waals surface area contributed by atoms with E-state index in [0.717, 1.165) is 25.1 Å². The first-order valence-corrected chi connectivity index (χ1v) is 6.47. The standard InChI is InChI=1S/C13H17N5O/c1-16-13(19)11(3-6-14-16)9-17-8-4-12(10-17)18-7-2-5-15-18/h2-3,5-7,12H,4,8-10H2,1H3. The Bertz CT molecular complexity index is 604. The second-order valence-electron chi connectivity index (χ2n) is 4.95. The molecule has 0 N–H and O–H groups in total. The molecule has 0 aromatic carbocycles. The van der Waals surface area contributed by atoms with E-state index in [0.29, 0.717) is 12.6 Å². The maximum absolute atomic E-state index is 11.9. The lowest BCUT2D eigenvalue weighted by Gasteiger charge is -2.16. The molecule has 2 aromatic heterocycles. The minimum absolute atomic E-state index is 0.00922. The van der Waals surface area contributed by atoms with Gasteiger partial charge in [-0.2, -0.15) is 10.2 Å². The third kappa shape index (κ3) is 2.44. The fourth-order valence-electron chi connectivity index (χ4n) is 2.58. The summed E-state index contributed by atoms with van der Waals surface area (Å²) < 4.78 is 3.39. The molecule has 1 aliphatic rings. The van der Waals surface area contributed by atoms with Crippen LogP contribution in [-0.2, 0) is 13.6 Å². The van der Waals surface area contributed by atoms with Crippen LogP contribution in [0.5, 0.6) is 0 Å². The molecule has 6 heteroatoms. The second kappa shape index (κ2) is 4.97. The fraction of sp³-hybridized carbons (Fsp3) is 0.462. The normalized spacial score (nSPS) is 19.9. The van der Waals surface area contributed by atoms with E-state index in [2.05, 4.69) is 15.1 Å². The molecule has 1 aliphatic heterocycles. The summed E-state index contributed by atoms with van der Waals surface area (Å²) in [6, 6.07) is 4.17. The van der Waals surface area contributed by atoms with Gasteiger partial charge < -0.3 is 0 Å². The molecular formula is C13H17N5O. The van der Waals surface area contributed by atoms with E-state index in [1.54, 1.807) is 19.4 Å². The molecule has 6 nitrogen and oxygen atoms in total. The summed E-state index contributed by atoms with van der Waals surface area (Å²) in [5.41, 5.74) is 0.795. The summed E-state index contributed by atoms with van der Waals surface area (Å²) in [5.74, 6) is 0. The van der Waals surface area contributed by atoms with Gasteiger partial charge in [-0.25, -0.2) is 4.68 Å². The molecule has 0 aliphatic carbocycles. The van der Waals surface area contributed by atoms with Crippen molar-refractivity contribution in [2.24, 2.45) is 7.05 Å². The van der Waals surface area contributed by atoms with Gasteiger partial charge in [0.15, 0.2) is 0 Å². The van der Waals surface area contributed by atoms with E-state index >= 15 is 0 Å². The summed E-state index contributed by atoms with van der Waals surface area (Å²) in [6.07, 6.45) is 6.56. The quantitative estimate of drug-likeness (QED) is 0.802. The zero-order valence-corrected chi connectivity index (χ0v) is 10.9. The lowest BCUT2D eigenvalue weighted by Crippen LogP contribution is -2.29. The number of likely N-dealkylation sites (tertiary alicyclic amines) is 1. The van der Waals surface area contributed by atoms with Crippen molar-refractivity contribution in [2.45, 2.75) is 19.0 Å². The molecule has 0 saturated carbocycles. The third-order valence-corrected chi connectivity index (χ3v) is 3.62. The van der Waals surface area contributed by atoms with Crippen molar-refractivity contribution >= 4 is 0 Å². The highest BCUT2D eigenvalue weighted by molar-refractivity contribution is 5.07. The van der Waals surface area contributed by atoms with E-state index in [-0.39, 0.29) is 5.56 Å². The SMILES string of the molecule is Cn1nccc(CN2CCC(n3cccn3)C2)c1=O. The average Bonchev–Trinajstić information content (AvgIpc) is 3.05. The largest absolute Gasteiger partial charge is 0.297 e. The minimum atomic E-state index is -0.00922. The smallest absolute Gasteiger partial charge is 0.270 e. The van der Waals surface area contributed by atoms with Gasteiger partial charge in [0.1, 0.15) is 0 Å². The van der Waals surface area contributed by atoms with Crippen LogP contribution in [0.2, 0.25) is 0 Å². The summed E-state index contributed by atoms with van der Waals surface area (Å²) in [5, 5.41) is 8.23. The van der Waals surface area contributed by atoms with Crippen molar-refractivity contribution in [2.75, 3.05) is 13.1 Å². The molecule has 3 heterocycles. The minimum Gasteiger partial charge on any atom is -0.297 e. The molecule has 0 bridgehead atoms. The lowest BCUT2D eigenvalue weighted by atomic mass is 10.3. The molecule has 1 saturated heterocycles. The predicted octanol–water partition coefficient (Wildman–Crippen LogP) is 0.424. The van der Waals surface area contributed by atoms with Crippen molar-refractivity contribution in [1.29, 1.82) is 0 Å². The Morgan fingerprint density at radius 2 is 2.26 bits per heavy atom. The fourth-order valence-corrected chi connectivity index (χ4v) is 2.58. The average molecular weight is 259 g/mol. The van der Waals surface area contributed by atoms with Crippen LogP contribution in [0.25, 0.3) is 0 Å². The van der Waals surface area contributed by atoms with Gasteiger partial charge in [-0.05, 0) is 18.6 Å². The summed E-state index contributed by atoms with van der Waals surface area (Å²) in [4.78, 5) is 14.2. The van der Waals surface area contributed by atoms with Gasteiger partial charge in [0, 0.05) is 50.8 Å². The number of aromatic nitrogens is 4. The number of hydrogen-bond acceptors (Lipinski definition) is 4. The summed E-state index contributed by atoms with van der Waals surface area (Å²) in [6.45, 7) is 2.62. The Morgan fingerprint density at radius 1 is 1.37 bits per heavy atom. The van der Waals surface area contributed by atoms with Gasteiger partial charge in [0.25, 0.3) is 5.56 Å². The van der Waals surface area contributed by atoms with Gasteiger partial charge >= 0.3 is 0 Å². The van der Waals surface area contributed by atoms with Crippen LogP contribution in [0.4, 0.5) is 0 Å². The van der Waals surface area contributed by atoms with Gasteiger partial charge in [-0.1, -0.05) is 0 Å². The molecule has 1 fully saturated rings. The Labute approximate surface area is 111 Å². The number of hydrogen-bond donors (Lipinski definition) is 0. The summed E-state index contributed by atoms with van der Waals surface area (Å²) >= 11 is 0. The number of rotatable bonds is 3. The van der Waals surface area contributed by atoms with Gasteiger partial charge in [-0.3, -0.25) is 14.4 Å². The van der Waals surface area contributed by atoms with E-state index in [9.17, 15) is 4.79 Å². The monoisotopic (exact) mass is 259 g/mol. The Hall–Kier alpha value is -1.95. The van der Waals surface area contributed by atoms with Crippen LogP contribution in [0.15, 0.2) is 35.5 Å². The first kappa shape index (κ1) is 12.1. The van der Waals surface area contributed by atoms with Crippen LogP contribution in [0.1, 0.15) is 18.0 Å². The Morgan fingerprint density at radius 3 is 3.05 bits per heavy atom. The van der Waals surface area contributed by atoms with Gasteiger partial charge in [0.2, 0.25) is 0 Å². The lowest BCUT2D eigenvalue weighted by molar-refractivity contribution is 0.309. The highest BCUT2D eigenvalue weighted by Crippen LogP contribution is 2.21. The molecule has 100 valence electrons. The summed E-state index contributed by atoms with van der Waals surface area (Å²) in [7, 11) is 1.68. The molecule has 0 spiro atoms.